The van der Waals surface area contributed by atoms with Crippen LogP contribution in [0.25, 0.3) is 6.08 Å². The van der Waals surface area contributed by atoms with Crippen molar-refractivity contribution in [3.63, 3.8) is 0 Å². The minimum absolute atomic E-state index is 0.0274. The fourth-order valence-corrected chi connectivity index (χ4v) is 5.02. The third-order valence-corrected chi connectivity index (χ3v) is 7.30. The zero-order valence-corrected chi connectivity index (χ0v) is 22.7. The molecule has 3 aromatic carbocycles. The van der Waals surface area contributed by atoms with Crippen molar-refractivity contribution in [1.29, 1.82) is 0 Å². The maximum absolute atomic E-state index is 12.6. The summed E-state index contributed by atoms with van der Waals surface area (Å²) in [7, 11) is 0. The molecule has 1 saturated heterocycles. The molecule has 37 heavy (non-hydrogen) atoms. The van der Waals surface area contributed by atoms with Gasteiger partial charge in [-0.2, -0.15) is 0 Å². The number of amides is 1. The second kappa shape index (κ2) is 12.2. The molecule has 0 saturated carbocycles. The van der Waals surface area contributed by atoms with Gasteiger partial charge in [0, 0.05) is 22.3 Å². The summed E-state index contributed by atoms with van der Waals surface area (Å²) in [5.74, 6) is 0.900. The number of halogens is 1. The van der Waals surface area contributed by atoms with Gasteiger partial charge in [0.2, 0.25) is 0 Å². The summed E-state index contributed by atoms with van der Waals surface area (Å²) in [5.41, 5.74) is 3.50. The molecular weight excluding hydrogens is 558 g/mol. The third-order valence-electron chi connectivity index (χ3n) is 5.58. The molecule has 0 spiro atoms. The van der Waals surface area contributed by atoms with Gasteiger partial charge in [0.25, 0.3) is 11.6 Å². The standard InChI is InChI=1S/C27H26BrN3O5S/c1-3-17-5-9-20(10-6-17)29-27-30-26(32)25(37-27)14-19-13-23(35-4-2)24(15-22(19)28)36-16-18-7-11-21(12-8-18)31(33)34/h5-15,27,29H,3-4,16H2,1-2H3,(H,30,32)/b25-14-/t27-/m1/s1. The first-order valence-corrected chi connectivity index (χ1v) is 13.4. The molecular formula is C27H26BrN3O5S. The summed E-state index contributed by atoms with van der Waals surface area (Å²) < 4.78 is 12.5. The molecule has 1 atom stereocenters. The van der Waals surface area contributed by atoms with Crippen LogP contribution in [0.2, 0.25) is 0 Å². The van der Waals surface area contributed by atoms with E-state index in [1.54, 1.807) is 18.2 Å². The number of aryl methyl sites for hydroxylation is 1. The lowest BCUT2D eigenvalue weighted by Gasteiger charge is -2.14. The van der Waals surface area contributed by atoms with E-state index in [-0.39, 0.29) is 23.7 Å². The molecule has 8 nitrogen and oxygen atoms in total. The number of nitro benzene ring substituents is 1. The number of benzene rings is 3. The van der Waals surface area contributed by atoms with Crippen LogP contribution in [0.5, 0.6) is 11.5 Å². The molecule has 10 heteroatoms. The first-order valence-electron chi connectivity index (χ1n) is 11.7. The van der Waals surface area contributed by atoms with Gasteiger partial charge < -0.3 is 20.1 Å². The molecule has 2 N–H and O–H groups in total. The number of thioether (sulfide) groups is 1. The number of ether oxygens (including phenoxy) is 2. The Morgan fingerprint density at radius 2 is 1.73 bits per heavy atom. The van der Waals surface area contributed by atoms with Crippen LogP contribution in [0.1, 0.15) is 30.5 Å². The molecule has 1 aliphatic rings. The highest BCUT2D eigenvalue weighted by Gasteiger charge is 2.27. The number of carbonyl (C=O) groups is 1. The van der Waals surface area contributed by atoms with Gasteiger partial charge in [-0.05, 0) is 72.5 Å². The predicted octanol–water partition coefficient (Wildman–Crippen LogP) is 6.50. The molecule has 1 fully saturated rings. The zero-order chi connectivity index (χ0) is 26.4. The van der Waals surface area contributed by atoms with E-state index in [9.17, 15) is 14.9 Å². The van der Waals surface area contributed by atoms with E-state index < -0.39 is 4.92 Å². The Morgan fingerprint density at radius 3 is 2.38 bits per heavy atom. The molecule has 192 valence electrons. The van der Waals surface area contributed by atoms with Gasteiger partial charge in [0.15, 0.2) is 17.0 Å². The maximum atomic E-state index is 12.6. The van der Waals surface area contributed by atoms with Gasteiger partial charge >= 0.3 is 0 Å². The Bertz CT molecular complexity index is 1310. The Hall–Kier alpha value is -3.50. The lowest BCUT2D eigenvalue weighted by molar-refractivity contribution is -0.384. The maximum Gasteiger partial charge on any atom is 0.269 e. The van der Waals surface area contributed by atoms with E-state index in [4.69, 9.17) is 9.47 Å². The number of anilines is 1. The molecule has 0 radical (unpaired) electrons. The molecule has 0 aliphatic carbocycles. The second-order valence-corrected chi connectivity index (χ2v) is 10.1. The quantitative estimate of drug-likeness (QED) is 0.159. The molecule has 1 heterocycles. The van der Waals surface area contributed by atoms with E-state index in [0.717, 1.165) is 27.7 Å². The van der Waals surface area contributed by atoms with Gasteiger partial charge in [0.1, 0.15) is 6.61 Å². The largest absolute Gasteiger partial charge is 0.490 e. The van der Waals surface area contributed by atoms with Crippen LogP contribution in [0.4, 0.5) is 11.4 Å². The Labute approximate surface area is 227 Å². The summed E-state index contributed by atoms with van der Waals surface area (Å²) in [4.78, 5) is 23.6. The highest BCUT2D eigenvalue weighted by molar-refractivity contribution is 9.10. The molecule has 1 aliphatic heterocycles. The molecule has 3 aromatic rings. The van der Waals surface area contributed by atoms with Gasteiger partial charge in [-0.1, -0.05) is 46.7 Å². The van der Waals surface area contributed by atoms with Crippen LogP contribution < -0.4 is 20.1 Å². The highest BCUT2D eigenvalue weighted by Crippen LogP contribution is 2.38. The average Bonchev–Trinajstić information content (AvgIpc) is 3.23. The summed E-state index contributed by atoms with van der Waals surface area (Å²) in [6.45, 7) is 4.64. The van der Waals surface area contributed by atoms with E-state index in [1.165, 1.54) is 29.5 Å². The predicted molar refractivity (Wildman–Crippen MR) is 150 cm³/mol. The zero-order valence-electron chi connectivity index (χ0n) is 20.3. The van der Waals surface area contributed by atoms with Gasteiger partial charge in [-0.15, -0.1) is 0 Å². The SMILES string of the molecule is CCOc1cc(/C=C2\S[C@H](Nc3ccc(CC)cc3)NC2=O)c(Br)cc1OCc1ccc([N+](=O)[O-])cc1. The van der Waals surface area contributed by atoms with Crippen LogP contribution >= 0.6 is 27.7 Å². The summed E-state index contributed by atoms with van der Waals surface area (Å²) in [6, 6.07) is 18.0. The van der Waals surface area contributed by atoms with Gasteiger partial charge in [-0.25, -0.2) is 0 Å². The number of hydrogen-bond donors (Lipinski definition) is 2. The van der Waals surface area contributed by atoms with Crippen LogP contribution in [-0.2, 0) is 17.8 Å². The highest BCUT2D eigenvalue weighted by atomic mass is 79.9. The number of carbonyl (C=O) groups excluding carboxylic acids is 1. The molecule has 0 bridgehead atoms. The monoisotopic (exact) mass is 583 g/mol. The minimum Gasteiger partial charge on any atom is -0.490 e. The van der Waals surface area contributed by atoms with Crippen LogP contribution in [0.15, 0.2) is 70.0 Å². The molecule has 0 aromatic heterocycles. The van der Waals surface area contributed by atoms with Crippen molar-refractivity contribution in [2.75, 3.05) is 11.9 Å². The first-order chi connectivity index (χ1) is 17.9. The van der Waals surface area contributed by atoms with Crippen molar-refractivity contribution in [2.24, 2.45) is 0 Å². The third kappa shape index (κ3) is 6.84. The Balaban J connectivity index is 1.47. The number of nitrogens with zero attached hydrogens (tertiary/aromatic N) is 1. The smallest absolute Gasteiger partial charge is 0.269 e. The number of rotatable bonds is 10. The van der Waals surface area contributed by atoms with E-state index >= 15 is 0 Å². The molecule has 0 unspecified atom stereocenters. The number of nitrogens with one attached hydrogen (secondary N) is 2. The van der Waals surface area contributed by atoms with E-state index in [0.29, 0.717) is 23.0 Å². The van der Waals surface area contributed by atoms with Crippen molar-refractivity contribution >= 4 is 51.0 Å². The first kappa shape index (κ1) is 26.6. The summed E-state index contributed by atoms with van der Waals surface area (Å²) in [5, 5.41) is 17.1. The van der Waals surface area contributed by atoms with Crippen molar-refractivity contribution in [2.45, 2.75) is 32.4 Å². The average molecular weight is 584 g/mol. The van der Waals surface area contributed by atoms with Crippen molar-refractivity contribution < 1.29 is 19.2 Å². The van der Waals surface area contributed by atoms with Crippen LogP contribution in [0.3, 0.4) is 0 Å². The lowest BCUT2D eigenvalue weighted by Crippen LogP contribution is -2.30. The number of non-ortho nitro benzene ring substituents is 1. The molecule has 4 rings (SSSR count). The second-order valence-electron chi connectivity index (χ2n) is 8.14. The molecule has 1 amide bonds. The van der Waals surface area contributed by atoms with Crippen LogP contribution in [-0.4, -0.2) is 22.9 Å². The normalized spacial score (nSPS) is 15.9. The number of nitro groups is 1. The Morgan fingerprint density at radius 1 is 1.05 bits per heavy atom. The van der Waals surface area contributed by atoms with Crippen molar-refractivity contribution in [3.8, 4) is 11.5 Å². The fraction of sp³-hybridized carbons (Fsp3) is 0.222. The van der Waals surface area contributed by atoms with E-state index in [2.05, 4.69) is 45.6 Å². The van der Waals surface area contributed by atoms with Crippen molar-refractivity contribution in [1.82, 2.24) is 5.32 Å². The van der Waals surface area contributed by atoms with Crippen LogP contribution in [0, 0.1) is 10.1 Å². The van der Waals surface area contributed by atoms with Gasteiger partial charge in [-0.3, -0.25) is 14.9 Å². The number of hydrogen-bond acceptors (Lipinski definition) is 7. The minimum atomic E-state index is -0.438. The lowest BCUT2D eigenvalue weighted by atomic mass is 10.1. The summed E-state index contributed by atoms with van der Waals surface area (Å²) >= 11 is 4.99. The van der Waals surface area contributed by atoms with Crippen molar-refractivity contribution in [3.05, 3.63) is 96.8 Å². The Kier molecular flexibility index (Phi) is 8.73. The van der Waals surface area contributed by atoms with E-state index in [1.807, 2.05) is 31.2 Å². The fourth-order valence-electron chi connectivity index (χ4n) is 3.61. The topological polar surface area (TPSA) is 103 Å². The summed E-state index contributed by atoms with van der Waals surface area (Å²) in [6.07, 6.45) is 2.79. The van der Waals surface area contributed by atoms with Gasteiger partial charge in [0.05, 0.1) is 16.4 Å².